The van der Waals surface area contributed by atoms with Crippen LogP contribution in [0.4, 0.5) is 0 Å². The summed E-state index contributed by atoms with van der Waals surface area (Å²) >= 11 is 4.18. The number of carbonyl (C=O) groups excluding carboxylic acids is 1. The van der Waals surface area contributed by atoms with Crippen LogP contribution in [0.25, 0.3) is 0 Å². The van der Waals surface area contributed by atoms with Gasteiger partial charge in [0.05, 0.1) is 21.2 Å². The standard InChI is InChI=1S/C20H22I2N4O4S/c1-14-2-4-17(5-3-14)31(29,30)26-8-6-25(7-9-26)13-19(27)24-23-12-15-10-16(21)11-18(22)20(15)28/h2-5,10-12,28H,6-9,13H2,1H3,(H,24,27)/b23-12-. The highest BCUT2D eigenvalue weighted by Crippen LogP contribution is 2.25. The third-order valence-electron chi connectivity index (χ3n) is 4.81. The molecule has 1 aliphatic rings. The van der Waals surface area contributed by atoms with Gasteiger partial charge >= 0.3 is 0 Å². The molecular weight excluding hydrogens is 646 g/mol. The van der Waals surface area contributed by atoms with Crippen LogP contribution in [0.5, 0.6) is 5.75 Å². The number of carbonyl (C=O) groups is 1. The summed E-state index contributed by atoms with van der Waals surface area (Å²) in [5.74, 6) is -0.184. The Kier molecular flexibility index (Phi) is 8.29. The third-order valence-corrected chi connectivity index (χ3v) is 8.17. The number of halogens is 2. The predicted molar refractivity (Wildman–Crippen MR) is 136 cm³/mol. The van der Waals surface area contributed by atoms with Crippen LogP contribution in [0.2, 0.25) is 0 Å². The monoisotopic (exact) mass is 668 g/mol. The zero-order chi connectivity index (χ0) is 22.6. The first-order valence-corrected chi connectivity index (χ1v) is 13.1. The van der Waals surface area contributed by atoms with Crippen LogP contribution in [-0.2, 0) is 14.8 Å². The fourth-order valence-corrected chi connectivity index (χ4v) is 6.40. The average molecular weight is 668 g/mol. The minimum Gasteiger partial charge on any atom is -0.506 e. The Hall–Kier alpha value is -1.29. The molecule has 3 rings (SSSR count). The molecule has 0 radical (unpaired) electrons. The van der Waals surface area contributed by atoms with E-state index >= 15 is 0 Å². The Morgan fingerprint density at radius 3 is 2.45 bits per heavy atom. The van der Waals surface area contributed by atoms with E-state index in [0.29, 0.717) is 35.3 Å². The lowest BCUT2D eigenvalue weighted by Crippen LogP contribution is -2.50. The predicted octanol–water partition coefficient (Wildman–Crippen LogP) is 2.37. The fraction of sp³-hybridized carbons (Fsp3) is 0.300. The number of hydrogen-bond acceptors (Lipinski definition) is 6. The average Bonchev–Trinajstić information content (AvgIpc) is 2.72. The molecule has 0 aliphatic carbocycles. The number of nitrogens with one attached hydrogen (secondary N) is 1. The van der Waals surface area contributed by atoms with E-state index in [4.69, 9.17) is 0 Å². The van der Waals surface area contributed by atoms with Crippen LogP contribution < -0.4 is 5.43 Å². The summed E-state index contributed by atoms with van der Waals surface area (Å²) in [6, 6.07) is 10.4. The lowest BCUT2D eigenvalue weighted by molar-refractivity contribution is -0.122. The summed E-state index contributed by atoms with van der Waals surface area (Å²) in [5, 5.41) is 14.0. The smallest absolute Gasteiger partial charge is 0.254 e. The molecule has 0 atom stereocenters. The van der Waals surface area contributed by atoms with Crippen LogP contribution in [-0.4, -0.2) is 67.6 Å². The summed E-state index contributed by atoms with van der Waals surface area (Å²) in [6.45, 7) is 3.58. The number of rotatable bonds is 6. The molecule has 2 N–H and O–H groups in total. The van der Waals surface area contributed by atoms with Gasteiger partial charge in [0, 0.05) is 35.3 Å². The van der Waals surface area contributed by atoms with E-state index in [1.807, 2.05) is 40.5 Å². The molecule has 1 fully saturated rings. The second-order valence-corrected chi connectivity index (χ2v) is 11.5. The molecule has 0 aromatic heterocycles. The Balaban J connectivity index is 1.50. The number of amides is 1. The van der Waals surface area contributed by atoms with Crippen molar-refractivity contribution in [2.75, 3.05) is 32.7 Å². The Morgan fingerprint density at radius 2 is 1.81 bits per heavy atom. The molecule has 0 unspecified atom stereocenters. The second kappa shape index (κ2) is 10.6. The lowest BCUT2D eigenvalue weighted by Gasteiger charge is -2.33. The highest BCUT2D eigenvalue weighted by Gasteiger charge is 2.28. The number of phenolic OH excluding ortho intramolecular Hbond substituents is 1. The number of hydrogen-bond donors (Lipinski definition) is 2. The van der Waals surface area contributed by atoms with Crippen molar-refractivity contribution in [1.82, 2.24) is 14.6 Å². The maximum absolute atomic E-state index is 12.8. The van der Waals surface area contributed by atoms with Crippen molar-refractivity contribution in [3.8, 4) is 5.75 Å². The van der Waals surface area contributed by atoms with Gasteiger partial charge in [-0.15, -0.1) is 0 Å². The summed E-state index contributed by atoms with van der Waals surface area (Å²) in [7, 11) is -3.53. The van der Waals surface area contributed by atoms with Crippen LogP contribution >= 0.6 is 45.2 Å². The van der Waals surface area contributed by atoms with Crippen molar-refractivity contribution in [2.24, 2.45) is 5.10 Å². The van der Waals surface area contributed by atoms with Crippen molar-refractivity contribution in [3.05, 3.63) is 54.7 Å². The Morgan fingerprint density at radius 1 is 1.16 bits per heavy atom. The number of aromatic hydroxyl groups is 1. The van der Waals surface area contributed by atoms with E-state index in [1.54, 1.807) is 30.3 Å². The Labute approximate surface area is 209 Å². The molecule has 11 heteroatoms. The topological polar surface area (TPSA) is 102 Å². The quantitative estimate of drug-likeness (QED) is 0.280. The number of sulfonamides is 1. The van der Waals surface area contributed by atoms with Gasteiger partial charge in [0.25, 0.3) is 5.91 Å². The number of phenols is 1. The largest absolute Gasteiger partial charge is 0.506 e. The first kappa shape index (κ1) is 24.4. The number of hydrazone groups is 1. The van der Waals surface area contributed by atoms with Crippen LogP contribution in [0, 0.1) is 14.1 Å². The molecule has 2 aromatic rings. The van der Waals surface area contributed by atoms with Crippen molar-refractivity contribution < 1.29 is 18.3 Å². The van der Waals surface area contributed by atoms with E-state index in [0.717, 1.165) is 9.13 Å². The van der Waals surface area contributed by atoms with Crippen molar-refractivity contribution in [2.45, 2.75) is 11.8 Å². The van der Waals surface area contributed by atoms with Gasteiger partial charge in [-0.05, 0) is 76.4 Å². The maximum atomic E-state index is 12.8. The number of benzene rings is 2. The summed E-state index contributed by atoms with van der Waals surface area (Å²) in [5.41, 5.74) is 3.98. The van der Waals surface area contributed by atoms with Gasteiger partial charge in [0.1, 0.15) is 5.75 Å². The first-order valence-electron chi connectivity index (χ1n) is 9.46. The SMILES string of the molecule is Cc1ccc(S(=O)(=O)N2CCN(CC(=O)N/N=C\c3cc(I)cc(I)c3O)CC2)cc1. The van der Waals surface area contributed by atoms with Gasteiger partial charge in [-0.3, -0.25) is 9.69 Å². The summed E-state index contributed by atoms with van der Waals surface area (Å²) < 4.78 is 28.6. The molecule has 166 valence electrons. The van der Waals surface area contributed by atoms with E-state index in [-0.39, 0.29) is 23.1 Å². The Bertz CT molecular complexity index is 1080. The van der Waals surface area contributed by atoms with E-state index < -0.39 is 10.0 Å². The zero-order valence-corrected chi connectivity index (χ0v) is 21.9. The highest BCUT2D eigenvalue weighted by atomic mass is 127. The molecule has 31 heavy (non-hydrogen) atoms. The van der Waals surface area contributed by atoms with Gasteiger partial charge in [-0.2, -0.15) is 9.41 Å². The van der Waals surface area contributed by atoms with Gasteiger partial charge in [0.2, 0.25) is 10.0 Å². The molecule has 2 aromatic carbocycles. The zero-order valence-electron chi connectivity index (χ0n) is 16.8. The van der Waals surface area contributed by atoms with Crippen LogP contribution in [0.15, 0.2) is 46.4 Å². The van der Waals surface area contributed by atoms with Gasteiger partial charge in [-0.1, -0.05) is 17.7 Å². The van der Waals surface area contributed by atoms with Gasteiger partial charge < -0.3 is 5.11 Å². The highest BCUT2D eigenvalue weighted by molar-refractivity contribution is 14.1. The molecule has 8 nitrogen and oxygen atoms in total. The molecule has 1 heterocycles. The van der Waals surface area contributed by atoms with E-state index in [2.05, 4.69) is 33.1 Å². The van der Waals surface area contributed by atoms with E-state index in [9.17, 15) is 18.3 Å². The van der Waals surface area contributed by atoms with Crippen molar-refractivity contribution in [3.63, 3.8) is 0 Å². The third kappa shape index (κ3) is 6.37. The summed E-state index contributed by atoms with van der Waals surface area (Å²) in [4.78, 5) is 14.4. The van der Waals surface area contributed by atoms with Crippen molar-refractivity contribution in [1.29, 1.82) is 0 Å². The number of nitrogens with zero attached hydrogens (tertiary/aromatic N) is 3. The minimum atomic E-state index is -3.53. The molecule has 1 aliphatic heterocycles. The number of piperazine rings is 1. The normalized spacial score (nSPS) is 16.0. The molecule has 1 amide bonds. The second-order valence-electron chi connectivity index (χ2n) is 7.11. The molecular formula is C20H22I2N4O4S. The molecule has 0 saturated carbocycles. The van der Waals surface area contributed by atoms with Crippen molar-refractivity contribution >= 4 is 67.3 Å². The lowest BCUT2D eigenvalue weighted by atomic mass is 10.2. The first-order chi connectivity index (χ1) is 14.7. The minimum absolute atomic E-state index is 0.116. The van der Waals surface area contributed by atoms with Gasteiger partial charge in [0.15, 0.2) is 0 Å². The van der Waals surface area contributed by atoms with Gasteiger partial charge in [-0.25, -0.2) is 13.8 Å². The molecule has 0 bridgehead atoms. The van der Waals surface area contributed by atoms with Crippen LogP contribution in [0.3, 0.4) is 0 Å². The molecule has 1 saturated heterocycles. The molecule has 0 spiro atoms. The fourth-order valence-electron chi connectivity index (χ4n) is 3.08. The number of aryl methyl sites for hydroxylation is 1. The summed E-state index contributed by atoms with van der Waals surface area (Å²) in [6.07, 6.45) is 1.41. The van der Waals surface area contributed by atoms with E-state index in [1.165, 1.54) is 10.5 Å². The maximum Gasteiger partial charge on any atom is 0.254 e. The van der Waals surface area contributed by atoms with Crippen LogP contribution in [0.1, 0.15) is 11.1 Å².